The van der Waals surface area contributed by atoms with Crippen molar-refractivity contribution < 1.29 is 10.2 Å². The van der Waals surface area contributed by atoms with Gasteiger partial charge < -0.3 is 15.2 Å². The predicted octanol–water partition coefficient (Wildman–Crippen LogP) is 3.49. The number of fused-ring (bicyclic) bond motifs is 1. The lowest BCUT2D eigenvalue weighted by Crippen LogP contribution is -2.03. The van der Waals surface area contributed by atoms with Crippen molar-refractivity contribution in [2.24, 2.45) is 5.18 Å². The Kier molecular flexibility index (Phi) is 6.20. The highest BCUT2D eigenvalue weighted by Crippen LogP contribution is 2.35. The number of nitrogens with one attached hydrogen (secondary N) is 1. The van der Waals surface area contributed by atoms with Crippen molar-refractivity contribution in [3.8, 4) is 17.1 Å². The van der Waals surface area contributed by atoms with Crippen molar-refractivity contribution in [3.05, 3.63) is 70.7 Å². The molecule has 1 aromatic carbocycles. The molecule has 9 nitrogen and oxygen atoms in total. The molecule has 0 radical (unpaired) electrons. The number of phenolic OH excluding ortho intramolecular Hbond substituents is 1. The third kappa shape index (κ3) is 3.94. The molecule has 3 aromatic heterocycles. The first-order chi connectivity index (χ1) is 14.2. The van der Waals surface area contributed by atoms with E-state index in [0.717, 1.165) is 0 Å². The Labute approximate surface area is 166 Å². The van der Waals surface area contributed by atoms with E-state index in [2.05, 4.69) is 30.3 Å². The monoisotopic (exact) mass is 392 g/mol. The third-order valence-corrected chi connectivity index (χ3v) is 4.21. The smallest absolute Gasteiger partial charge is 0.161 e. The molecule has 0 aliphatic heterocycles. The number of hydrogen-bond acceptors (Lipinski definition) is 8. The highest BCUT2D eigenvalue weighted by atomic mass is 16.3. The molecule has 0 amide bonds. The topological polar surface area (TPSA) is 137 Å². The van der Waals surface area contributed by atoms with Crippen LogP contribution in [0, 0.1) is 4.91 Å². The summed E-state index contributed by atoms with van der Waals surface area (Å²) in [6.45, 7) is 3.80. The van der Waals surface area contributed by atoms with E-state index >= 15 is 0 Å². The molecule has 3 heterocycles. The summed E-state index contributed by atoms with van der Waals surface area (Å²) in [6, 6.07) is 7.92. The molecule has 0 fully saturated rings. The number of aromatic hydroxyl groups is 1. The summed E-state index contributed by atoms with van der Waals surface area (Å²) >= 11 is 0. The van der Waals surface area contributed by atoms with Crippen LogP contribution in [0.15, 0.2) is 54.1 Å². The average Bonchev–Trinajstić information content (AvgIpc) is 3.20. The van der Waals surface area contributed by atoms with E-state index in [1.807, 2.05) is 13.8 Å². The number of H-pyrrole nitrogens is 1. The van der Waals surface area contributed by atoms with Gasteiger partial charge in [-0.3, -0.25) is 0 Å². The van der Waals surface area contributed by atoms with Crippen LogP contribution in [0.25, 0.3) is 22.4 Å². The first-order valence-corrected chi connectivity index (χ1v) is 9.09. The van der Waals surface area contributed by atoms with E-state index < -0.39 is 6.10 Å². The summed E-state index contributed by atoms with van der Waals surface area (Å²) in [5.41, 5.74) is 2.36. The molecule has 29 heavy (non-hydrogen) atoms. The second kappa shape index (κ2) is 8.98. The number of rotatable bonds is 5. The molecule has 0 bridgehead atoms. The number of benzene rings is 1. The fraction of sp³-hybridized carbons (Fsp3) is 0.200. The van der Waals surface area contributed by atoms with Gasteiger partial charge in [-0.2, -0.15) is 10.0 Å². The summed E-state index contributed by atoms with van der Waals surface area (Å²) in [5, 5.41) is 32.0. The van der Waals surface area contributed by atoms with Crippen molar-refractivity contribution in [1.29, 1.82) is 0 Å². The summed E-state index contributed by atoms with van der Waals surface area (Å²) in [7, 11) is 0. The molecule has 1 unspecified atom stereocenters. The largest absolute Gasteiger partial charge is 0.508 e. The van der Waals surface area contributed by atoms with Crippen LogP contribution in [0.4, 0.5) is 0 Å². The fourth-order valence-electron chi connectivity index (χ4n) is 2.97. The molecular formula is C20H20N6O3. The molecular weight excluding hydrogens is 372 g/mol. The Morgan fingerprint density at radius 3 is 2.45 bits per heavy atom. The van der Waals surface area contributed by atoms with E-state index in [-0.39, 0.29) is 12.3 Å². The minimum atomic E-state index is -0.997. The zero-order chi connectivity index (χ0) is 20.8. The molecule has 1 atom stereocenters. The molecule has 4 aromatic rings. The van der Waals surface area contributed by atoms with Crippen molar-refractivity contribution in [1.82, 2.24) is 25.1 Å². The Morgan fingerprint density at radius 2 is 1.79 bits per heavy atom. The van der Waals surface area contributed by atoms with Crippen LogP contribution >= 0.6 is 0 Å². The Bertz CT molecular complexity index is 1100. The second-order valence-corrected chi connectivity index (χ2v) is 5.84. The number of phenols is 1. The SMILES string of the molecule is CC.O=NCc1nnc2[nH]cc(C(O)c3ccc(O)cc3)c2c1-c1ncccn1. The maximum absolute atomic E-state index is 10.9. The second-order valence-electron chi connectivity index (χ2n) is 5.84. The third-order valence-electron chi connectivity index (χ3n) is 4.21. The molecule has 3 N–H and O–H groups in total. The number of aliphatic hydroxyl groups excluding tert-OH is 1. The van der Waals surface area contributed by atoms with Gasteiger partial charge in [0.15, 0.2) is 11.5 Å². The van der Waals surface area contributed by atoms with Gasteiger partial charge in [-0.25, -0.2) is 9.97 Å². The van der Waals surface area contributed by atoms with Gasteiger partial charge in [-0.05, 0) is 23.8 Å². The van der Waals surface area contributed by atoms with Crippen molar-refractivity contribution in [2.75, 3.05) is 0 Å². The van der Waals surface area contributed by atoms with Crippen LogP contribution in [-0.4, -0.2) is 35.4 Å². The number of nitroso groups, excluding NO2 is 1. The van der Waals surface area contributed by atoms with Crippen LogP contribution in [0.1, 0.15) is 36.8 Å². The molecule has 4 rings (SSSR count). The van der Waals surface area contributed by atoms with Crippen LogP contribution in [0.5, 0.6) is 5.75 Å². The van der Waals surface area contributed by atoms with E-state index in [1.165, 1.54) is 12.1 Å². The van der Waals surface area contributed by atoms with Crippen molar-refractivity contribution >= 4 is 11.0 Å². The lowest BCUT2D eigenvalue weighted by Gasteiger charge is -2.13. The predicted molar refractivity (Wildman–Crippen MR) is 108 cm³/mol. The zero-order valence-corrected chi connectivity index (χ0v) is 15.9. The molecule has 148 valence electrons. The van der Waals surface area contributed by atoms with E-state index in [1.54, 1.807) is 36.8 Å². The fourth-order valence-corrected chi connectivity index (χ4v) is 2.97. The maximum atomic E-state index is 10.9. The van der Waals surface area contributed by atoms with Crippen LogP contribution in [0.2, 0.25) is 0 Å². The van der Waals surface area contributed by atoms with Gasteiger partial charge in [0, 0.05) is 29.5 Å². The van der Waals surface area contributed by atoms with Crippen LogP contribution in [0.3, 0.4) is 0 Å². The van der Waals surface area contributed by atoms with E-state index in [0.29, 0.717) is 39.2 Å². The Balaban J connectivity index is 0.00000117. The minimum Gasteiger partial charge on any atom is -0.508 e. The quantitative estimate of drug-likeness (QED) is 0.442. The summed E-state index contributed by atoms with van der Waals surface area (Å²) < 4.78 is 0. The first-order valence-electron chi connectivity index (χ1n) is 9.09. The van der Waals surface area contributed by atoms with Gasteiger partial charge >= 0.3 is 0 Å². The lowest BCUT2D eigenvalue weighted by molar-refractivity contribution is 0.222. The van der Waals surface area contributed by atoms with Gasteiger partial charge in [-0.15, -0.1) is 5.10 Å². The summed E-state index contributed by atoms with van der Waals surface area (Å²) in [4.78, 5) is 22.4. The van der Waals surface area contributed by atoms with Gasteiger partial charge in [0.1, 0.15) is 18.4 Å². The standard InChI is InChI=1S/C18H14N6O3.C2H6/c25-11-4-2-10(3-5-11)16(26)12-8-21-18-14(12)15(13(9-22-27)23-24-18)17-19-6-1-7-20-17;1-2/h1-8,16,25-26H,9H2,(H,21,24);1-2H3. The lowest BCUT2D eigenvalue weighted by atomic mass is 9.98. The summed E-state index contributed by atoms with van der Waals surface area (Å²) in [6.07, 6.45) is 3.79. The molecule has 0 spiro atoms. The maximum Gasteiger partial charge on any atom is 0.161 e. The van der Waals surface area contributed by atoms with Gasteiger partial charge in [0.25, 0.3) is 0 Å². The Morgan fingerprint density at radius 1 is 1.10 bits per heavy atom. The number of aliphatic hydroxyl groups is 1. The minimum absolute atomic E-state index is 0.105. The zero-order valence-electron chi connectivity index (χ0n) is 15.9. The number of aromatic nitrogens is 5. The Hall–Kier alpha value is -3.72. The molecule has 0 aliphatic rings. The molecule has 0 aliphatic carbocycles. The first kappa shape index (κ1) is 20.0. The normalized spacial score (nSPS) is 11.6. The number of nitrogens with zero attached hydrogens (tertiary/aromatic N) is 5. The van der Waals surface area contributed by atoms with Crippen LogP contribution in [-0.2, 0) is 6.54 Å². The highest BCUT2D eigenvalue weighted by molar-refractivity contribution is 5.95. The molecule has 0 saturated heterocycles. The van der Waals surface area contributed by atoms with Crippen molar-refractivity contribution in [3.63, 3.8) is 0 Å². The van der Waals surface area contributed by atoms with Gasteiger partial charge in [0.2, 0.25) is 0 Å². The van der Waals surface area contributed by atoms with Gasteiger partial charge in [-0.1, -0.05) is 31.2 Å². The van der Waals surface area contributed by atoms with Gasteiger partial charge in [0.05, 0.1) is 11.3 Å². The summed E-state index contributed by atoms with van der Waals surface area (Å²) in [5.74, 6) is 0.461. The highest BCUT2D eigenvalue weighted by Gasteiger charge is 2.23. The molecule has 0 saturated carbocycles. The van der Waals surface area contributed by atoms with Crippen LogP contribution < -0.4 is 0 Å². The number of hydrogen-bond donors (Lipinski definition) is 3. The average molecular weight is 392 g/mol. The van der Waals surface area contributed by atoms with E-state index in [9.17, 15) is 15.1 Å². The van der Waals surface area contributed by atoms with E-state index in [4.69, 9.17) is 0 Å². The van der Waals surface area contributed by atoms with Crippen molar-refractivity contribution in [2.45, 2.75) is 26.5 Å². The molecule has 9 heteroatoms. The number of aromatic amines is 1.